The lowest BCUT2D eigenvalue weighted by molar-refractivity contribution is 0.0174. The summed E-state index contributed by atoms with van der Waals surface area (Å²) in [6.45, 7) is 7.06. The summed E-state index contributed by atoms with van der Waals surface area (Å²) < 4.78 is 18.4. The highest BCUT2D eigenvalue weighted by atomic mass is 19.1. The van der Waals surface area contributed by atoms with Crippen LogP contribution in [-0.2, 0) is 4.74 Å². The van der Waals surface area contributed by atoms with Crippen LogP contribution in [0.4, 0.5) is 19.7 Å². The number of anilines is 1. The maximum atomic E-state index is 13.1. The molecule has 3 amide bonds. The molecule has 0 aliphatic carbocycles. The zero-order valence-corrected chi connectivity index (χ0v) is 13.6. The number of urea groups is 1. The van der Waals surface area contributed by atoms with E-state index in [1.54, 1.807) is 15.9 Å². The van der Waals surface area contributed by atoms with Crippen LogP contribution in [0.5, 0.6) is 0 Å². The van der Waals surface area contributed by atoms with Crippen LogP contribution in [-0.4, -0.2) is 53.7 Å². The average molecular weight is 323 g/mol. The first-order valence-electron chi connectivity index (χ1n) is 7.54. The molecule has 6 nitrogen and oxygen atoms in total. The highest BCUT2D eigenvalue weighted by Gasteiger charge is 2.27. The molecule has 1 aliphatic heterocycles. The first-order valence-corrected chi connectivity index (χ1v) is 7.54. The van der Waals surface area contributed by atoms with Crippen molar-refractivity contribution in [2.75, 3.05) is 31.5 Å². The van der Waals surface area contributed by atoms with Gasteiger partial charge in [-0.3, -0.25) is 0 Å². The number of nitrogens with zero attached hydrogens (tertiary/aromatic N) is 2. The number of piperazine rings is 1. The Labute approximate surface area is 135 Å². The summed E-state index contributed by atoms with van der Waals surface area (Å²) in [4.78, 5) is 27.3. The van der Waals surface area contributed by atoms with E-state index in [9.17, 15) is 14.0 Å². The molecule has 1 N–H and O–H groups in total. The minimum Gasteiger partial charge on any atom is -0.444 e. The lowest BCUT2D eigenvalue weighted by atomic mass is 10.2. The second kappa shape index (κ2) is 6.85. The maximum Gasteiger partial charge on any atom is 0.410 e. The highest BCUT2D eigenvalue weighted by molar-refractivity contribution is 5.89. The normalized spacial score (nSPS) is 15.3. The molecule has 0 saturated carbocycles. The molecule has 1 fully saturated rings. The molecule has 1 heterocycles. The summed E-state index contributed by atoms with van der Waals surface area (Å²) in [6.07, 6.45) is -0.373. The van der Waals surface area contributed by atoms with Crippen molar-refractivity contribution in [1.29, 1.82) is 0 Å². The predicted octanol–water partition coefficient (Wildman–Crippen LogP) is 2.91. The van der Waals surface area contributed by atoms with E-state index in [1.807, 2.05) is 20.8 Å². The van der Waals surface area contributed by atoms with Crippen molar-refractivity contribution in [3.63, 3.8) is 0 Å². The first-order chi connectivity index (χ1) is 10.7. The molecule has 1 aromatic rings. The van der Waals surface area contributed by atoms with Crippen LogP contribution in [0.1, 0.15) is 20.8 Å². The van der Waals surface area contributed by atoms with E-state index in [0.29, 0.717) is 31.9 Å². The van der Waals surface area contributed by atoms with Crippen molar-refractivity contribution in [3.05, 3.63) is 30.1 Å². The maximum absolute atomic E-state index is 13.1. The Kier molecular flexibility index (Phi) is 5.08. The molecule has 0 aromatic heterocycles. The Bertz CT molecular complexity index is 578. The monoisotopic (exact) mass is 323 g/mol. The number of nitrogens with one attached hydrogen (secondary N) is 1. The Morgan fingerprint density at radius 1 is 1.13 bits per heavy atom. The Hall–Kier alpha value is -2.31. The van der Waals surface area contributed by atoms with Gasteiger partial charge < -0.3 is 19.9 Å². The fourth-order valence-electron chi connectivity index (χ4n) is 2.19. The van der Waals surface area contributed by atoms with Gasteiger partial charge in [-0.1, -0.05) is 6.07 Å². The number of carbonyl (C=O) groups excluding carboxylic acids is 2. The number of benzene rings is 1. The van der Waals surface area contributed by atoms with Gasteiger partial charge in [0.2, 0.25) is 0 Å². The van der Waals surface area contributed by atoms with Crippen LogP contribution in [0.2, 0.25) is 0 Å². The van der Waals surface area contributed by atoms with Gasteiger partial charge in [-0.05, 0) is 39.0 Å². The van der Waals surface area contributed by atoms with Gasteiger partial charge in [0, 0.05) is 31.9 Å². The van der Waals surface area contributed by atoms with Gasteiger partial charge in [0.05, 0.1) is 0 Å². The second-order valence-corrected chi connectivity index (χ2v) is 6.39. The summed E-state index contributed by atoms with van der Waals surface area (Å²) in [7, 11) is 0. The lowest BCUT2D eigenvalue weighted by Gasteiger charge is -2.35. The zero-order chi connectivity index (χ0) is 17.0. The first kappa shape index (κ1) is 17.1. The van der Waals surface area contributed by atoms with Gasteiger partial charge in [-0.15, -0.1) is 0 Å². The van der Waals surface area contributed by atoms with Crippen LogP contribution >= 0.6 is 0 Å². The van der Waals surface area contributed by atoms with Crippen LogP contribution < -0.4 is 5.32 Å². The third kappa shape index (κ3) is 5.12. The molecular formula is C16H22FN3O3. The molecule has 7 heteroatoms. The van der Waals surface area contributed by atoms with Crippen molar-refractivity contribution in [2.24, 2.45) is 0 Å². The Balaban J connectivity index is 1.84. The fourth-order valence-corrected chi connectivity index (χ4v) is 2.19. The van der Waals surface area contributed by atoms with E-state index in [2.05, 4.69) is 5.32 Å². The van der Waals surface area contributed by atoms with Crippen molar-refractivity contribution >= 4 is 17.8 Å². The van der Waals surface area contributed by atoms with Crippen molar-refractivity contribution in [2.45, 2.75) is 26.4 Å². The molecule has 0 radical (unpaired) electrons. The highest BCUT2D eigenvalue weighted by Crippen LogP contribution is 2.14. The van der Waals surface area contributed by atoms with Gasteiger partial charge in [0.25, 0.3) is 0 Å². The van der Waals surface area contributed by atoms with E-state index in [-0.39, 0.29) is 12.1 Å². The van der Waals surface area contributed by atoms with Crippen LogP contribution in [0.15, 0.2) is 24.3 Å². The van der Waals surface area contributed by atoms with E-state index in [0.717, 1.165) is 0 Å². The Morgan fingerprint density at radius 3 is 2.30 bits per heavy atom. The molecule has 0 spiro atoms. The SMILES string of the molecule is CC(C)(C)OC(=O)N1CCN(C(=O)Nc2cccc(F)c2)CC1. The van der Waals surface area contributed by atoms with Gasteiger partial charge in [-0.2, -0.15) is 0 Å². The topological polar surface area (TPSA) is 61.9 Å². The van der Waals surface area contributed by atoms with E-state index >= 15 is 0 Å². The number of amides is 3. The fraction of sp³-hybridized carbons (Fsp3) is 0.500. The smallest absolute Gasteiger partial charge is 0.410 e. The molecule has 0 bridgehead atoms. The standard InChI is InChI=1S/C16H22FN3O3/c1-16(2,3)23-15(22)20-9-7-19(8-10-20)14(21)18-13-6-4-5-12(17)11-13/h4-6,11H,7-10H2,1-3H3,(H,18,21). The van der Waals surface area contributed by atoms with Gasteiger partial charge in [-0.25, -0.2) is 14.0 Å². The minimum absolute atomic E-state index is 0.306. The molecule has 1 aromatic carbocycles. The number of rotatable bonds is 1. The third-order valence-electron chi connectivity index (χ3n) is 3.29. The molecular weight excluding hydrogens is 301 g/mol. The lowest BCUT2D eigenvalue weighted by Crippen LogP contribution is -2.52. The summed E-state index contributed by atoms with van der Waals surface area (Å²) in [5.74, 6) is -0.405. The molecule has 23 heavy (non-hydrogen) atoms. The van der Waals surface area contributed by atoms with Crippen molar-refractivity contribution in [3.8, 4) is 0 Å². The van der Waals surface area contributed by atoms with Crippen molar-refractivity contribution < 1.29 is 18.7 Å². The molecule has 2 rings (SSSR count). The predicted molar refractivity (Wildman–Crippen MR) is 84.8 cm³/mol. The Morgan fingerprint density at radius 2 is 1.74 bits per heavy atom. The minimum atomic E-state index is -0.539. The molecule has 0 unspecified atom stereocenters. The van der Waals surface area contributed by atoms with Crippen LogP contribution in [0.25, 0.3) is 0 Å². The summed E-state index contributed by atoms with van der Waals surface area (Å²) >= 11 is 0. The molecule has 1 saturated heterocycles. The van der Waals surface area contributed by atoms with Crippen LogP contribution in [0, 0.1) is 5.82 Å². The largest absolute Gasteiger partial charge is 0.444 e. The van der Waals surface area contributed by atoms with E-state index in [1.165, 1.54) is 18.2 Å². The van der Waals surface area contributed by atoms with E-state index in [4.69, 9.17) is 4.74 Å². The van der Waals surface area contributed by atoms with Gasteiger partial charge in [0.15, 0.2) is 0 Å². The van der Waals surface area contributed by atoms with Gasteiger partial charge >= 0.3 is 12.1 Å². The molecule has 126 valence electrons. The number of hydrogen-bond donors (Lipinski definition) is 1. The average Bonchev–Trinajstić information content (AvgIpc) is 2.45. The quantitative estimate of drug-likeness (QED) is 0.864. The van der Waals surface area contributed by atoms with E-state index < -0.39 is 11.4 Å². The van der Waals surface area contributed by atoms with Crippen LogP contribution in [0.3, 0.4) is 0 Å². The summed E-state index contributed by atoms with van der Waals surface area (Å²) in [5, 5.41) is 2.65. The molecule has 1 aliphatic rings. The third-order valence-corrected chi connectivity index (χ3v) is 3.29. The van der Waals surface area contributed by atoms with Crippen molar-refractivity contribution in [1.82, 2.24) is 9.80 Å². The second-order valence-electron chi connectivity index (χ2n) is 6.39. The summed E-state index contributed by atoms with van der Waals surface area (Å²) in [6, 6.07) is 5.42. The molecule has 0 atom stereocenters. The number of hydrogen-bond acceptors (Lipinski definition) is 3. The number of halogens is 1. The zero-order valence-electron chi connectivity index (χ0n) is 13.6. The number of carbonyl (C=O) groups is 2. The van der Waals surface area contributed by atoms with Gasteiger partial charge in [0.1, 0.15) is 11.4 Å². The summed E-state index contributed by atoms with van der Waals surface area (Å²) in [5.41, 5.74) is -0.132. The number of ether oxygens (including phenoxy) is 1.